The van der Waals surface area contributed by atoms with Crippen LogP contribution in [0, 0.1) is 0 Å². The van der Waals surface area contributed by atoms with Crippen LogP contribution in [0.2, 0.25) is 0 Å². The summed E-state index contributed by atoms with van der Waals surface area (Å²) in [5, 5.41) is 3.21. The highest BCUT2D eigenvalue weighted by Gasteiger charge is 2.32. The van der Waals surface area contributed by atoms with Gasteiger partial charge in [-0.1, -0.05) is 18.2 Å². The summed E-state index contributed by atoms with van der Waals surface area (Å²) < 4.78 is 39.5. The van der Waals surface area contributed by atoms with Gasteiger partial charge in [-0.05, 0) is 41.5 Å². The summed E-state index contributed by atoms with van der Waals surface area (Å²) in [5.41, 5.74) is 3.15. The third-order valence-electron chi connectivity index (χ3n) is 4.75. The number of aromatic amines is 1. The van der Waals surface area contributed by atoms with Crippen molar-refractivity contribution in [1.82, 2.24) is 4.98 Å². The number of aromatic nitrogens is 1. The maximum atomic E-state index is 13.2. The number of fused-ring (bicyclic) bond motifs is 5. The molecule has 5 nitrogen and oxygen atoms in total. The Kier molecular flexibility index (Phi) is 4.89. The zero-order valence-corrected chi connectivity index (χ0v) is 15.4. The van der Waals surface area contributed by atoms with Crippen LogP contribution in [0.1, 0.15) is 16.7 Å². The predicted molar refractivity (Wildman–Crippen MR) is 103 cm³/mol. The standard InChI is InChI=1S/C21H17F3N2O3/c1-28-29-8-2-3-12-4-6-18-16(9-12)20-15(11-19(27)25-18)14-10-13(21(22,23)24)5-7-17(14)26-20/h2-7,9-10,26H,8,11H2,1H3,(H,25,27). The highest BCUT2D eigenvalue weighted by atomic mass is 19.4. The normalized spacial score (nSPS) is 14.0. The molecule has 0 saturated carbocycles. The number of carbonyl (C=O) groups is 1. The summed E-state index contributed by atoms with van der Waals surface area (Å²) in [5.74, 6) is -0.278. The number of rotatable bonds is 4. The van der Waals surface area contributed by atoms with Gasteiger partial charge in [0.05, 0.1) is 30.5 Å². The molecule has 1 aliphatic rings. The third-order valence-corrected chi connectivity index (χ3v) is 4.75. The van der Waals surface area contributed by atoms with E-state index in [1.807, 2.05) is 18.2 Å². The summed E-state index contributed by atoms with van der Waals surface area (Å²) >= 11 is 0. The number of hydrogen-bond acceptors (Lipinski definition) is 3. The molecule has 3 aromatic rings. The van der Waals surface area contributed by atoms with Crippen LogP contribution in [0.5, 0.6) is 0 Å². The molecule has 0 saturated heterocycles. The lowest BCUT2D eigenvalue weighted by Crippen LogP contribution is -2.12. The smallest absolute Gasteiger partial charge is 0.354 e. The average Bonchev–Trinajstić information content (AvgIpc) is 2.96. The van der Waals surface area contributed by atoms with Crippen molar-refractivity contribution in [3.63, 3.8) is 0 Å². The van der Waals surface area contributed by atoms with Crippen molar-refractivity contribution in [2.45, 2.75) is 12.6 Å². The fourth-order valence-electron chi connectivity index (χ4n) is 3.47. The molecule has 1 aromatic heterocycles. The Morgan fingerprint density at radius 1 is 1.17 bits per heavy atom. The molecule has 1 aliphatic heterocycles. The Balaban J connectivity index is 1.84. The van der Waals surface area contributed by atoms with Crippen LogP contribution < -0.4 is 5.32 Å². The van der Waals surface area contributed by atoms with Crippen LogP contribution >= 0.6 is 0 Å². The Hall–Kier alpha value is -3.10. The molecule has 0 atom stereocenters. The molecule has 0 aliphatic carbocycles. The van der Waals surface area contributed by atoms with Gasteiger partial charge >= 0.3 is 6.18 Å². The second kappa shape index (κ2) is 7.38. The molecule has 8 heteroatoms. The van der Waals surface area contributed by atoms with Crippen molar-refractivity contribution in [1.29, 1.82) is 0 Å². The molecule has 0 spiro atoms. The molecule has 0 fully saturated rings. The van der Waals surface area contributed by atoms with Crippen LogP contribution in [0.3, 0.4) is 0 Å². The molecule has 4 rings (SSSR count). The van der Waals surface area contributed by atoms with Gasteiger partial charge in [-0.25, -0.2) is 9.78 Å². The molecular formula is C21H17F3N2O3. The number of amides is 1. The highest BCUT2D eigenvalue weighted by molar-refractivity contribution is 6.05. The molecule has 1 amide bonds. The Bertz CT molecular complexity index is 1120. The second-order valence-corrected chi connectivity index (χ2v) is 6.62. The van der Waals surface area contributed by atoms with Gasteiger partial charge in [-0.3, -0.25) is 4.79 Å². The van der Waals surface area contributed by atoms with E-state index in [0.717, 1.165) is 17.7 Å². The van der Waals surface area contributed by atoms with E-state index in [9.17, 15) is 18.0 Å². The van der Waals surface area contributed by atoms with E-state index >= 15 is 0 Å². The molecule has 29 heavy (non-hydrogen) atoms. The zero-order chi connectivity index (χ0) is 20.6. The molecule has 0 bridgehead atoms. The highest BCUT2D eigenvalue weighted by Crippen LogP contribution is 2.40. The summed E-state index contributed by atoms with van der Waals surface area (Å²) in [6, 6.07) is 8.99. The SMILES string of the molecule is COOCC=Cc1ccc2c(c1)-c1[nH]c3ccc(C(F)(F)F)cc3c1CC(=O)N2. The Morgan fingerprint density at radius 2 is 2.00 bits per heavy atom. The fraction of sp³-hybridized carbons (Fsp3) is 0.190. The number of benzene rings is 2. The number of halogens is 3. The van der Waals surface area contributed by atoms with Crippen molar-refractivity contribution in [2.75, 3.05) is 19.0 Å². The number of carbonyl (C=O) groups excluding carboxylic acids is 1. The van der Waals surface area contributed by atoms with E-state index in [0.29, 0.717) is 33.4 Å². The fourth-order valence-corrected chi connectivity index (χ4v) is 3.47. The first-order valence-corrected chi connectivity index (χ1v) is 8.85. The molecule has 2 heterocycles. The zero-order valence-electron chi connectivity index (χ0n) is 15.4. The first kappa shape index (κ1) is 19.2. The minimum atomic E-state index is -4.45. The van der Waals surface area contributed by atoms with E-state index in [1.54, 1.807) is 12.1 Å². The number of anilines is 1. The van der Waals surface area contributed by atoms with Gasteiger partial charge in [0, 0.05) is 16.5 Å². The first-order chi connectivity index (χ1) is 13.9. The molecule has 0 radical (unpaired) electrons. The van der Waals surface area contributed by atoms with Crippen molar-refractivity contribution in [2.24, 2.45) is 0 Å². The number of alkyl halides is 3. The maximum absolute atomic E-state index is 13.2. The van der Waals surface area contributed by atoms with Gasteiger partial charge in [-0.15, -0.1) is 0 Å². The van der Waals surface area contributed by atoms with Crippen molar-refractivity contribution in [3.05, 3.63) is 59.2 Å². The van der Waals surface area contributed by atoms with Crippen LogP contribution in [0.25, 0.3) is 28.2 Å². The average molecular weight is 402 g/mol. The topological polar surface area (TPSA) is 63.4 Å². The molecule has 0 unspecified atom stereocenters. The molecule has 2 N–H and O–H groups in total. The van der Waals surface area contributed by atoms with Crippen molar-refractivity contribution in [3.8, 4) is 11.3 Å². The van der Waals surface area contributed by atoms with Gasteiger partial charge in [0.1, 0.15) is 6.61 Å². The summed E-state index contributed by atoms with van der Waals surface area (Å²) in [4.78, 5) is 24.9. The van der Waals surface area contributed by atoms with Gasteiger partial charge in [0.15, 0.2) is 0 Å². The van der Waals surface area contributed by atoms with Gasteiger partial charge in [0.2, 0.25) is 5.91 Å². The monoisotopic (exact) mass is 402 g/mol. The van der Waals surface area contributed by atoms with E-state index in [1.165, 1.54) is 13.2 Å². The Labute approximate surface area is 164 Å². The van der Waals surface area contributed by atoms with E-state index in [2.05, 4.69) is 15.2 Å². The quantitative estimate of drug-likeness (QED) is 0.369. The lowest BCUT2D eigenvalue weighted by atomic mass is 10.00. The van der Waals surface area contributed by atoms with Crippen LogP contribution in [-0.4, -0.2) is 24.6 Å². The lowest BCUT2D eigenvalue weighted by Gasteiger charge is -2.08. The van der Waals surface area contributed by atoms with Crippen molar-refractivity contribution < 1.29 is 27.7 Å². The summed E-state index contributed by atoms with van der Waals surface area (Å²) in [7, 11) is 1.42. The molecule has 2 aromatic carbocycles. The second-order valence-electron chi connectivity index (χ2n) is 6.62. The number of hydrogen-bond donors (Lipinski definition) is 2. The van der Waals surface area contributed by atoms with Crippen LogP contribution in [0.15, 0.2) is 42.5 Å². The minimum Gasteiger partial charge on any atom is -0.354 e. The Morgan fingerprint density at radius 3 is 2.76 bits per heavy atom. The lowest BCUT2D eigenvalue weighted by molar-refractivity contribution is -0.263. The van der Waals surface area contributed by atoms with Gasteiger partial charge in [0.25, 0.3) is 0 Å². The van der Waals surface area contributed by atoms with E-state index in [4.69, 9.17) is 4.89 Å². The van der Waals surface area contributed by atoms with E-state index in [-0.39, 0.29) is 18.9 Å². The first-order valence-electron chi connectivity index (χ1n) is 8.85. The maximum Gasteiger partial charge on any atom is 0.416 e. The molecule has 150 valence electrons. The van der Waals surface area contributed by atoms with Gasteiger partial charge < -0.3 is 10.3 Å². The van der Waals surface area contributed by atoms with Crippen LogP contribution in [0.4, 0.5) is 18.9 Å². The van der Waals surface area contributed by atoms with Crippen LogP contribution in [-0.2, 0) is 27.2 Å². The minimum absolute atomic E-state index is 0.0157. The third kappa shape index (κ3) is 3.76. The number of nitrogens with one attached hydrogen (secondary N) is 2. The molecular weight excluding hydrogens is 385 g/mol. The predicted octanol–water partition coefficient (Wildman–Crippen LogP) is 4.94. The summed E-state index contributed by atoms with van der Waals surface area (Å²) in [6.45, 7) is 0.266. The van der Waals surface area contributed by atoms with Crippen molar-refractivity contribution >= 4 is 28.6 Å². The van der Waals surface area contributed by atoms with Gasteiger partial charge in [-0.2, -0.15) is 13.2 Å². The largest absolute Gasteiger partial charge is 0.416 e. The van der Waals surface area contributed by atoms with E-state index < -0.39 is 11.7 Å². The number of H-pyrrole nitrogens is 1. The summed E-state index contributed by atoms with van der Waals surface area (Å²) in [6.07, 6.45) is -0.873.